The molecule has 5 nitrogen and oxygen atoms in total. The fourth-order valence-corrected chi connectivity index (χ4v) is 2.90. The zero-order valence-corrected chi connectivity index (χ0v) is 13.6. The molecule has 0 unspecified atom stereocenters. The van der Waals surface area contributed by atoms with Crippen molar-refractivity contribution in [3.05, 3.63) is 71.0 Å². The normalized spacial score (nSPS) is 10.6. The van der Waals surface area contributed by atoms with E-state index in [9.17, 15) is 14.9 Å². The molecular formula is C13H10Br2N2O3. The monoisotopic (exact) mass is 400 g/mol. The van der Waals surface area contributed by atoms with Gasteiger partial charge in [-0.3, -0.25) is 14.9 Å². The van der Waals surface area contributed by atoms with Crippen LogP contribution in [0.25, 0.3) is 0 Å². The molecule has 0 atom stereocenters. The van der Waals surface area contributed by atoms with Gasteiger partial charge in [0.15, 0.2) is 0 Å². The molecule has 0 aliphatic heterocycles. The number of nitro groups is 1. The number of nitrogens with zero attached hydrogens (tertiary/aromatic N) is 2. The molecule has 7 heteroatoms. The number of hydrogen-bond donors (Lipinski definition) is 0. The van der Waals surface area contributed by atoms with Crippen molar-refractivity contribution in [3.8, 4) is 0 Å². The highest BCUT2D eigenvalue weighted by Crippen LogP contribution is 2.23. The van der Waals surface area contributed by atoms with E-state index in [1.54, 1.807) is 29.8 Å². The van der Waals surface area contributed by atoms with Crippen LogP contribution in [-0.2, 0) is 6.54 Å². The first-order valence-corrected chi connectivity index (χ1v) is 7.26. The van der Waals surface area contributed by atoms with Gasteiger partial charge in [-0.1, -0.05) is 15.9 Å². The van der Waals surface area contributed by atoms with E-state index in [2.05, 4.69) is 31.9 Å². The number of non-ortho nitro benzene ring substituents is 1. The third-order valence-electron chi connectivity index (χ3n) is 2.82. The van der Waals surface area contributed by atoms with Gasteiger partial charge in [-0.05, 0) is 40.5 Å². The maximum Gasteiger partial charge on any atom is 0.270 e. The van der Waals surface area contributed by atoms with Crippen molar-refractivity contribution < 1.29 is 4.92 Å². The van der Waals surface area contributed by atoms with E-state index in [-0.39, 0.29) is 11.2 Å². The molecule has 0 aliphatic rings. The van der Waals surface area contributed by atoms with E-state index in [0.717, 1.165) is 10.0 Å². The highest BCUT2D eigenvalue weighted by molar-refractivity contribution is 9.10. The van der Waals surface area contributed by atoms with Crippen molar-refractivity contribution in [1.29, 1.82) is 0 Å². The predicted octanol–water partition coefficient (Wildman–Crippen LogP) is 3.64. The first kappa shape index (κ1) is 14.9. The molecule has 1 aromatic heterocycles. The van der Waals surface area contributed by atoms with Gasteiger partial charge in [-0.25, -0.2) is 0 Å². The Bertz CT molecular complexity index is 741. The van der Waals surface area contributed by atoms with Crippen LogP contribution >= 0.6 is 31.9 Å². The lowest BCUT2D eigenvalue weighted by Gasteiger charge is -2.09. The van der Waals surface area contributed by atoms with E-state index in [0.29, 0.717) is 16.6 Å². The van der Waals surface area contributed by atoms with Crippen LogP contribution in [0.3, 0.4) is 0 Å². The minimum Gasteiger partial charge on any atom is -0.310 e. The second-order valence-electron chi connectivity index (χ2n) is 4.31. The number of hydrogen-bond acceptors (Lipinski definition) is 3. The molecular weight excluding hydrogens is 392 g/mol. The molecule has 0 fully saturated rings. The number of aromatic nitrogens is 1. The van der Waals surface area contributed by atoms with Gasteiger partial charge in [0.2, 0.25) is 0 Å². The third kappa shape index (κ3) is 3.16. The summed E-state index contributed by atoms with van der Waals surface area (Å²) in [7, 11) is 0. The molecule has 1 aromatic carbocycles. The van der Waals surface area contributed by atoms with Crippen LogP contribution < -0.4 is 5.56 Å². The molecule has 20 heavy (non-hydrogen) atoms. The van der Waals surface area contributed by atoms with Crippen LogP contribution in [0.4, 0.5) is 5.69 Å². The van der Waals surface area contributed by atoms with Crippen LogP contribution in [-0.4, -0.2) is 9.49 Å². The number of benzene rings is 1. The fraction of sp³-hybridized carbons (Fsp3) is 0.154. The van der Waals surface area contributed by atoms with E-state index in [4.69, 9.17) is 0 Å². The van der Waals surface area contributed by atoms with E-state index in [1.165, 1.54) is 12.1 Å². The van der Waals surface area contributed by atoms with Crippen LogP contribution in [0, 0.1) is 17.0 Å². The third-order valence-corrected chi connectivity index (χ3v) is 3.99. The van der Waals surface area contributed by atoms with Gasteiger partial charge in [-0.15, -0.1) is 0 Å². The van der Waals surface area contributed by atoms with Gasteiger partial charge in [0.25, 0.3) is 11.2 Å². The standard InChI is InChI=1S/C13H10Br2N2O3/c1-8-4-10(14)7-16(13(8)18)6-9-2-3-11(17(19)20)5-12(9)15/h2-5,7H,6H2,1H3. The van der Waals surface area contributed by atoms with Gasteiger partial charge in [-0.2, -0.15) is 0 Å². The molecule has 1 heterocycles. The van der Waals surface area contributed by atoms with Crippen LogP contribution in [0.15, 0.2) is 44.2 Å². The Hall–Kier alpha value is -1.47. The van der Waals surface area contributed by atoms with Gasteiger partial charge >= 0.3 is 0 Å². The van der Waals surface area contributed by atoms with Crippen LogP contribution in [0.1, 0.15) is 11.1 Å². The SMILES string of the molecule is Cc1cc(Br)cn(Cc2ccc([N+](=O)[O-])cc2Br)c1=O. The summed E-state index contributed by atoms with van der Waals surface area (Å²) in [5.74, 6) is 0. The van der Waals surface area contributed by atoms with E-state index >= 15 is 0 Å². The Balaban J connectivity index is 2.41. The van der Waals surface area contributed by atoms with E-state index < -0.39 is 4.92 Å². The fourth-order valence-electron chi connectivity index (χ4n) is 1.82. The Labute approximate surface area is 131 Å². The van der Waals surface area contributed by atoms with Crippen molar-refractivity contribution in [2.24, 2.45) is 0 Å². The second-order valence-corrected chi connectivity index (χ2v) is 6.08. The Morgan fingerprint density at radius 2 is 2.00 bits per heavy atom. The zero-order valence-electron chi connectivity index (χ0n) is 10.5. The van der Waals surface area contributed by atoms with Gasteiger partial charge in [0.05, 0.1) is 11.5 Å². The minimum absolute atomic E-state index is 0.0124. The summed E-state index contributed by atoms with van der Waals surface area (Å²) in [4.78, 5) is 22.3. The molecule has 0 bridgehead atoms. The first-order chi connectivity index (χ1) is 9.38. The number of halogens is 2. The largest absolute Gasteiger partial charge is 0.310 e. The van der Waals surface area contributed by atoms with Crippen molar-refractivity contribution >= 4 is 37.5 Å². The van der Waals surface area contributed by atoms with Crippen molar-refractivity contribution in [3.63, 3.8) is 0 Å². The summed E-state index contributed by atoms with van der Waals surface area (Å²) >= 11 is 6.65. The quantitative estimate of drug-likeness (QED) is 0.582. The molecule has 0 spiro atoms. The van der Waals surface area contributed by atoms with Crippen molar-refractivity contribution in [2.45, 2.75) is 13.5 Å². The van der Waals surface area contributed by atoms with Gasteiger partial charge in [0, 0.05) is 32.8 Å². The molecule has 0 radical (unpaired) electrons. The topological polar surface area (TPSA) is 65.1 Å². The Morgan fingerprint density at radius 3 is 2.60 bits per heavy atom. The lowest BCUT2D eigenvalue weighted by atomic mass is 10.2. The summed E-state index contributed by atoms with van der Waals surface area (Å²) in [5.41, 5.74) is 1.37. The van der Waals surface area contributed by atoms with Crippen molar-refractivity contribution in [2.75, 3.05) is 0 Å². The molecule has 0 saturated heterocycles. The smallest absolute Gasteiger partial charge is 0.270 e. The number of pyridine rings is 1. The average Bonchev–Trinajstić information content (AvgIpc) is 2.37. The molecule has 0 aliphatic carbocycles. The first-order valence-electron chi connectivity index (χ1n) is 5.68. The summed E-state index contributed by atoms with van der Waals surface area (Å²) < 4.78 is 2.98. The molecule has 104 valence electrons. The zero-order chi connectivity index (χ0) is 14.9. The van der Waals surface area contributed by atoms with Gasteiger partial charge < -0.3 is 4.57 Å². The summed E-state index contributed by atoms with van der Waals surface area (Å²) in [6.07, 6.45) is 1.70. The van der Waals surface area contributed by atoms with Crippen LogP contribution in [0.5, 0.6) is 0 Å². The number of aryl methyl sites for hydroxylation is 1. The molecule has 0 N–H and O–H groups in total. The number of nitro benzene ring substituents is 1. The highest BCUT2D eigenvalue weighted by atomic mass is 79.9. The lowest BCUT2D eigenvalue weighted by Crippen LogP contribution is -2.22. The van der Waals surface area contributed by atoms with Gasteiger partial charge in [0.1, 0.15) is 0 Å². The predicted molar refractivity (Wildman–Crippen MR) is 83.0 cm³/mol. The minimum atomic E-state index is -0.454. The molecule has 0 saturated carbocycles. The van der Waals surface area contributed by atoms with E-state index in [1.807, 2.05) is 0 Å². The summed E-state index contributed by atoms with van der Waals surface area (Å²) in [6, 6.07) is 6.26. The molecule has 0 amide bonds. The molecule has 2 aromatic rings. The second kappa shape index (κ2) is 5.88. The lowest BCUT2D eigenvalue weighted by molar-refractivity contribution is -0.384. The Kier molecular flexibility index (Phi) is 4.39. The maximum atomic E-state index is 12.0. The van der Waals surface area contributed by atoms with Crippen LogP contribution in [0.2, 0.25) is 0 Å². The van der Waals surface area contributed by atoms with Crippen molar-refractivity contribution in [1.82, 2.24) is 4.57 Å². The molecule has 2 rings (SSSR count). The maximum absolute atomic E-state index is 12.0. The number of rotatable bonds is 3. The summed E-state index contributed by atoms with van der Waals surface area (Å²) in [5, 5.41) is 10.7. The Morgan fingerprint density at radius 1 is 1.30 bits per heavy atom. The summed E-state index contributed by atoms with van der Waals surface area (Å²) in [6.45, 7) is 2.09. The highest BCUT2D eigenvalue weighted by Gasteiger charge is 2.10. The average molecular weight is 402 g/mol.